The minimum atomic E-state index is -1.08. The van der Waals surface area contributed by atoms with Crippen molar-refractivity contribution in [3.05, 3.63) is 59.7 Å². The van der Waals surface area contributed by atoms with Crippen molar-refractivity contribution in [2.24, 2.45) is 10.8 Å². The smallest absolute Gasteiger partial charge is 0.407 e. The fraction of sp³-hybridized carbons (Fsp3) is 0.464. The summed E-state index contributed by atoms with van der Waals surface area (Å²) in [6, 6.07) is 15.3. The van der Waals surface area contributed by atoms with E-state index in [0.29, 0.717) is 12.8 Å². The number of carboxylic acids is 1. The Bertz CT molecular complexity index is 1050. The van der Waals surface area contributed by atoms with Gasteiger partial charge in [-0.2, -0.15) is 0 Å². The summed E-state index contributed by atoms with van der Waals surface area (Å²) in [6.07, 6.45) is 0.0680. The molecule has 2 unspecified atom stereocenters. The van der Waals surface area contributed by atoms with Crippen molar-refractivity contribution in [3.63, 3.8) is 0 Å². The maximum absolute atomic E-state index is 13.0. The van der Waals surface area contributed by atoms with Crippen LogP contribution in [0.2, 0.25) is 0 Å². The van der Waals surface area contributed by atoms with Gasteiger partial charge >= 0.3 is 12.1 Å². The third-order valence-corrected chi connectivity index (χ3v) is 6.72. The molecule has 2 aromatic rings. The predicted octanol–water partition coefficient (Wildman–Crippen LogP) is 4.95. The number of carbonyl (C=O) groups excluding carboxylic acids is 2. The lowest BCUT2D eigenvalue weighted by Gasteiger charge is -2.28. The molecule has 0 bridgehead atoms. The third kappa shape index (κ3) is 6.21. The van der Waals surface area contributed by atoms with E-state index in [0.717, 1.165) is 22.3 Å². The molecule has 0 aliphatic heterocycles. The first-order chi connectivity index (χ1) is 16.4. The lowest BCUT2D eigenvalue weighted by Crippen LogP contribution is -2.51. The zero-order chi connectivity index (χ0) is 25.8. The van der Waals surface area contributed by atoms with Crippen LogP contribution in [0.4, 0.5) is 4.79 Å². The Balaban J connectivity index is 1.67. The Morgan fingerprint density at radius 2 is 1.51 bits per heavy atom. The van der Waals surface area contributed by atoms with Crippen molar-refractivity contribution >= 4 is 18.0 Å². The van der Waals surface area contributed by atoms with Gasteiger partial charge in [0, 0.05) is 12.5 Å². The number of hydrogen-bond donors (Lipinski definition) is 3. The van der Waals surface area contributed by atoms with E-state index in [9.17, 15) is 19.5 Å². The van der Waals surface area contributed by atoms with E-state index in [1.807, 2.05) is 57.2 Å². The van der Waals surface area contributed by atoms with Gasteiger partial charge in [-0.05, 0) is 47.4 Å². The molecule has 2 aromatic carbocycles. The number of rotatable bonds is 9. The molecule has 1 aliphatic rings. The number of fused-ring (bicyclic) bond motifs is 3. The van der Waals surface area contributed by atoms with Gasteiger partial charge in [-0.25, -0.2) is 4.79 Å². The number of benzene rings is 2. The summed E-state index contributed by atoms with van der Waals surface area (Å²) in [6.45, 7) is 9.40. The summed E-state index contributed by atoms with van der Waals surface area (Å²) >= 11 is 0. The van der Waals surface area contributed by atoms with Gasteiger partial charge in [0.05, 0.1) is 5.41 Å². The van der Waals surface area contributed by atoms with Crippen LogP contribution in [-0.4, -0.2) is 42.3 Å². The summed E-state index contributed by atoms with van der Waals surface area (Å²) in [7, 11) is 0. The fourth-order valence-corrected chi connectivity index (χ4v) is 4.36. The van der Waals surface area contributed by atoms with Crippen LogP contribution < -0.4 is 10.6 Å². The molecule has 2 atom stereocenters. The minimum absolute atomic E-state index is 0.0231. The second kappa shape index (κ2) is 10.5. The normalized spacial score (nSPS) is 15.3. The van der Waals surface area contributed by atoms with E-state index in [-0.39, 0.29) is 24.5 Å². The predicted molar refractivity (Wildman–Crippen MR) is 135 cm³/mol. The van der Waals surface area contributed by atoms with Crippen LogP contribution in [0.3, 0.4) is 0 Å². The molecule has 0 saturated carbocycles. The standard InChI is InChI=1S/C28H36N2O5/c1-6-28(5,25(32)33)17-29-24(31)23(15-27(2,3)4)30-26(34)35-16-22-20-13-9-7-11-18(20)19-12-8-10-14-21(19)22/h7-14,22-23H,6,15-17H2,1-5H3,(H,29,31)(H,30,34)(H,32,33). The summed E-state index contributed by atoms with van der Waals surface area (Å²) in [4.78, 5) is 37.3. The van der Waals surface area contributed by atoms with Crippen LogP contribution in [0.25, 0.3) is 11.1 Å². The number of hydrogen-bond acceptors (Lipinski definition) is 4. The molecule has 3 N–H and O–H groups in total. The number of nitrogens with one attached hydrogen (secondary N) is 2. The van der Waals surface area contributed by atoms with Gasteiger partial charge in [0.1, 0.15) is 12.6 Å². The Kier molecular flexibility index (Phi) is 7.88. The number of carbonyl (C=O) groups is 3. The first-order valence-corrected chi connectivity index (χ1v) is 12.1. The van der Waals surface area contributed by atoms with E-state index in [1.165, 1.54) is 0 Å². The Hall–Kier alpha value is -3.35. The van der Waals surface area contributed by atoms with Gasteiger partial charge < -0.3 is 20.5 Å². The monoisotopic (exact) mass is 480 g/mol. The average Bonchev–Trinajstić information content (AvgIpc) is 3.13. The van der Waals surface area contributed by atoms with E-state index in [4.69, 9.17) is 4.74 Å². The highest BCUT2D eigenvalue weighted by atomic mass is 16.5. The van der Waals surface area contributed by atoms with Crippen LogP contribution >= 0.6 is 0 Å². The first kappa shape index (κ1) is 26.3. The molecule has 188 valence electrons. The highest BCUT2D eigenvalue weighted by molar-refractivity contribution is 5.86. The zero-order valence-corrected chi connectivity index (χ0v) is 21.2. The zero-order valence-electron chi connectivity index (χ0n) is 21.2. The maximum Gasteiger partial charge on any atom is 0.407 e. The van der Waals surface area contributed by atoms with Crippen molar-refractivity contribution < 1.29 is 24.2 Å². The summed E-state index contributed by atoms with van der Waals surface area (Å²) in [5, 5.41) is 14.9. The number of alkyl carbamates (subject to hydrolysis) is 1. The highest BCUT2D eigenvalue weighted by Gasteiger charge is 2.34. The van der Waals surface area contributed by atoms with E-state index in [1.54, 1.807) is 13.8 Å². The van der Waals surface area contributed by atoms with Gasteiger partial charge in [-0.1, -0.05) is 76.2 Å². The summed E-state index contributed by atoms with van der Waals surface area (Å²) < 4.78 is 5.62. The van der Waals surface area contributed by atoms with Gasteiger partial charge in [0.15, 0.2) is 0 Å². The lowest BCUT2D eigenvalue weighted by molar-refractivity contribution is -0.148. The summed E-state index contributed by atoms with van der Waals surface area (Å²) in [5.41, 5.74) is 3.17. The molecule has 7 heteroatoms. The van der Waals surface area contributed by atoms with Gasteiger partial charge in [-0.3, -0.25) is 9.59 Å². The lowest BCUT2D eigenvalue weighted by atomic mass is 9.86. The maximum atomic E-state index is 13.0. The van der Waals surface area contributed by atoms with E-state index in [2.05, 4.69) is 22.8 Å². The molecule has 35 heavy (non-hydrogen) atoms. The minimum Gasteiger partial charge on any atom is -0.481 e. The molecular weight excluding hydrogens is 444 g/mol. The molecule has 3 rings (SSSR count). The highest BCUT2D eigenvalue weighted by Crippen LogP contribution is 2.44. The van der Waals surface area contributed by atoms with Crippen molar-refractivity contribution in [3.8, 4) is 11.1 Å². The van der Waals surface area contributed by atoms with Gasteiger partial charge in [0.25, 0.3) is 0 Å². The Labute approximate surface area is 207 Å². The molecule has 0 saturated heterocycles. The van der Waals surface area contributed by atoms with Crippen LogP contribution in [0.5, 0.6) is 0 Å². The quantitative estimate of drug-likeness (QED) is 0.471. The van der Waals surface area contributed by atoms with Gasteiger partial charge in [-0.15, -0.1) is 0 Å². The van der Waals surface area contributed by atoms with Crippen molar-refractivity contribution in [1.82, 2.24) is 10.6 Å². The Morgan fingerprint density at radius 1 is 0.971 bits per heavy atom. The molecule has 0 heterocycles. The van der Waals surface area contributed by atoms with Crippen molar-refractivity contribution in [1.29, 1.82) is 0 Å². The Morgan fingerprint density at radius 3 is 2.00 bits per heavy atom. The fourth-order valence-electron chi connectivity index (χ4n) is 4.36. The number of aliphatic carboxylic acids is 1. The molecule has 2 amide bonds. The molecule has 0 radical (unpaired) electrons. The topological polar surface area (TPSA) is 105 Å². The van der Waals surface area contributed by atoms with E-state index < -0.39 is 29.4 Å². The second-order valence-corrected chi connectivity index (χ2v) is 10.7. The van der Waals surface area contributed by atoms with Crippen LogP contribution in [0.1, 0.15) is 64.5 Å². The van der Waals surface area contributed by atoms with Crippen LogP contribution in [0.15, 0.2) is 48.5 Å². The average molecular weight is 481 g/mol. The first-order valence-electron chi connectivity index (χ1n) is 12.1. The molecule has 1 aliphatic carbocycles. The largest absolute Gasteiger partial charge is 0.481 e. The molecular formula is C28H36N2O5. The summed E-state index contributed by atoms with van der Waals surface area (Å²) in [5.74, 6) is -1.48. The van der Waals surface area contributed by atoms with Crippen molar-refractivity contribution in [2.75, 3.05) is 13.2 Å². The van der Waals surface area contributed by atoms with Crippen LogP contribution in [0, 0.1) is 10.8 Å². The third-order valence-electron chi connectivity index (χ3n) is 6.72. The van der Waals surface area contributed by atoms with Crippen molar-refractivity contribution in [2.45, 2.75) is 59.4 Å². The van der Waals surface area contributed by atoms with Crippen LogP contribution in [-0.2, 0) is 14.3 Å². The van der Waals surface area contributed by atoms with Gasteiger partial charge in [0.2, 0.25) is 5.91 Å². The number of ether oxygens (including phenoxy) is 1. The number of carboxylic acid groups (broad SMARTS) is 1. The molecule has 7 nitrogen and oxygen atoms in total. The molecule has 0 aromatic heterocycles. The molecule has 0 fully saturated rings. The SMILES string of the molecule is CCC(C)(CNC(=O)C(CC(C)(C)C)NC(=O)OCC1c2ccccc2-c2ccccc21)C(=O)O. The molecule has 0 spiro atoms. The number of amides is 2. The van der Waals surface area contributed by atoms with E-state index >= 15 is 0 Å². The second-order valence-electron chi connectivity index (χ2n) is 10.7.